The number of likely N-dealkylation sites (N-methyl/N-ethyl adjacent to an activating group) is 1. The molecule has 20 heavy (non-hydrogen) atoms. The van der Waals surface area contributed by atoms with Gasteiger partial charge in [-0.25, -0.2) is 0 Å². The molecule has 1 nitrogen and oxygen atoms in total. The summed E-state index contributed by atoms with van der Waals surface area (Å²) < 4.78 is 0. The van der Waals surface area contributed by atoms with E-state index in [4.69, 9.17) is 34.8 Å². The Morgan fingerprint density at radius 3 is 2.35 bits per heavy atom. The first-order chi connectivity index (χ1) is 9.54. The Morgan fingerprint density at radius 2 is 1.65 bits per heavy atom. The van der Waals surface area contributed by atoms with Crippen LogP contribution < -0.4 is 5.32 Å². The Bertz CT molecular complexity index is 611. The fourth-order valence-corrected chi connectivity index (χ4v) is 2.87. The normalized spacial score (nSPS) is 12.4. The number of rotatable bonds is 4. The quantitative estimate of drug-likeness (QED) is 0.786. The third kappa shape index (κ3) is 3.29. The average molecular weight is 329 g/mol. The van der Waals surface area contributed by atoms with Crippen molar-refractivity contribution in [3.63, 3.8) is 0 Å². The summed E-state index contributed by atoms with van der Waals surface area (Å²) in [4.78, 5) is 0. The van der Waals surface area contributed by atoms with Gasteiger partial charge in [0.25, 0.3) is 0 Å². The van der Waals surface area contributed by atoms with E-state index in [1.165, 1.54) is 5.56 Å². The van der Waals surface area contributed by atoms with Crippen LogP contribution in [0.3, 0.4) is 0 Å². The van der Waals surface area contributed by atoms with Crippen molar-refractivity contribution in [3.8, 4) is 0 Å². The van der Waals surface area contributed by atoms with E-state index < -0.39 is 0 Å². The Labute approximate surface area is 134 Å². The lowest BCUT2D eigenvalue weighted by molar-refractivity contribution is 0.589. The SMILES string of the molecule is CNC(Cc1cccc(Cl)c1Cl)c1cccc(Cl)c1C. The lowest BCUT2D eigenvalue weighted by Crippen LogP contribution is -2.20. The highest BCUT2D eigenvalue weighted by Gasteiger charge is 2.16. The summed E-state index contributed by atoms with van der Waals surface area (Å²) in [6.45, 7) is 2.03. The summed E-state index contributed by atoms with van der Waals surface area (Å²) in [6.07, 6.45) is 0.761. The van der Waals surface area contributed by atoms with Gasteiger partial charge in [0.2, 0.25) is 0 Å². The molecule has 1 atom stereocenters. The van der Waals surface area contributed by atoms with Crippen LogP contribution in [0.2, 0.25) is 15.1 Å². The first kappa shape index (κ1) is 15.7. The molecule has 1 N–H and O–H groups in total. The van der Waals surface area contributed by atoms with Crippen LogP contribution in [0, 0.1) is 6.92 Å². The van der Waals surface area contributed by atoms with Crippen molar-refractivity contribution in [2.45, 2.75) is 19.4 Å². The first-order valence-corrected chi connectivity index (χ1v) is 7.53. The predicted molar refractivity (Wildman–Crippen MR) is 88.2 cm³/mol. The molecule has 0 amide bonds. The molecule has 0 radical (unpaired) electrons. The van der Waals surface area contributed by atoms with Crippen molar-refractivity contribution >= 4 is 34.8 Å². The number of hydrogen-bond acceptors (Lipinski definition) is 1. The maximum absolute atomic E-state index is 6.27. The minimum absolute atomic E-state index is 0.143. The molecule has 0 aliphatic carbocycles. The Kier molecular flexibility index (Phi) is 5.34. The zero-order chi connectivity index (χ0) is 14.7. The van der Waals surface area contributed by atoms with E-state index in [0.717, 1.165) is 22.6 Å². The van der Waals surface area contributed by atoms with Crippen molar-refractivity contribution in [3.05, 3.63) is 68.2 Å². The average Bonchev–Trinajstić information content (AvgIpc) is 2.44. The van der Waals surface area contributed by atoms with Gasteiger partial charge in [-0.05, 0) is 49.2 Å². The van der Waals surface area contributed by atoms with Crippen molar-refractivity contribution in [2.24, 2.45) is 0 Å². The molecule has 0 saturated carbocycles. The molecule has 0 bridgehead atoms. The standard InChI is InChI=1S/C16H16Cl3N/c1-10-12(6-4-7-13(10)17)15(20-2)9-11-5-3-8-14(18)16(11)19/h3-8,15,20H,9H2,1-2H3. The summed E-state index contributed by atoms with van der Waals surface area (Å²) >= 11 is 18.5. The molecular weight excluding hydrogens is 313 g/mol. The summed E-state index contributed by atoms with van der Waals surface area (Å²) in [5.74, 6) is 0. The van der Waals surface area contributed by atoms with Crippen LogP contribution in [-0.2, 0) is 6.42 Å². The van der Waals surface area contributed by atoms with Gasteiger partial charge in [-0.1, -0.05) is 59.1 Å². The molecule has 0 aliphatic rings. The second-order valence-corrected chi connectivity index (χ2v) is 5.90. The highest BCUT2D eigenvalue weighted by molar-refractivity contribution is 6.42. The third-order valence-electron chi connectivity index (χ3n) is 3.49. The van der Waals surface area contributed by atoms with E-state index in [1.807, 2.05) is 38.2 Å². The highest BCUT2D eigenvalue weighted by Crippen LogP contribution is 2.31. The zero-order valence-electron chi connectivity index (χ0n) is 11.4. The van der Waals surface area contributed by atoms with Crippen LogP contribution >= 0.6 is 34.8 Å². The molecule has 2 aromatic carbocycles. The van der Waals surface area contributed by atoms with Gasteiger partial charge in [-0.15, -0.1) is 0 Å². The van der Waals surface area contributed by atoms with E-state index in [1.54, 1.807) is 6.07 Å². The summed E-state index contributed by atoms with van der Waals surface area (Å²) in [6, 6.07) is 11.8. The Morgan fingerprint density at radius 1 is 1.00 bits per heavy atom. The van der Waals surface area contributed by atoms with Crippen LogP contribution in [0.15, 0.2) is 36.4 Å². The van der Waals surface area contributed by atoms with Gasteiger partial charge in [-0.3, -0.25) is 0 Å². The summed E-state index contributed by atoms with van der Waals surface area (Å²) in [7, 11) is 1.93. The van der Waals surface area contributed by atoms with Crippen molar-refractivity contribution in [1.29, 1.82) is 0 Å². The maximum atomic E-state index is 6.27. The van der Waals surface area contributed by atoms with E-state index >= 15 is 0 Å². The number of nitrogens with one attached hydrogen (secondary N) is 1. The molecule has 1 unspecified atom stereocenters. The molecule has 0 fully saturated rings. The van der Waals surface area contributed by atoms with Gasteiger partial charge in [0.15, 0.2) is 0 Å². The molecule has 0 spiro atoms. The topological polar surface area (TPSA) is 12.0 Å². The van der Waals surface area contributed by atoms with Gasteiger partial charge in [0.1, 0.15) is 0 Å². The van der Waals surface area contributed by atoms with Gasteiger partial charge >= 0.3 is 0 Å². The van der Waals surface area contributed by atoms with E-state index in [-0.39, 0.29) is 6.04 Å². The van der Waals surface area contributed by atoms with Gasteiger partial charge in [0.05, 0.1) is 10.0 Å². The first-order valence-electron chi connectivity index (χ1n) is 6.39. The fraction of sp³-hybridized carbons (Fsp3) is 0.250. The molecule has 0 saturated heterocycles. The van der Waals surface area contributed by atoms with Gasteiger partial charge in [-0.2, -0.15) is 0 Å². The largest absolute Gasteiger partial charge is 0.313 e. The lowest BCUT2D eigenvalue weighted by atomic mass is 9.95. The number of halogens is 3. The number of benzene rings is 2. The third-order valence-corrected chi connectivity index (χ3v) is 4.76. The van der Waals surface area contributed by atoms with Gasteiger partial charge < -0.3 is 5.32 Å². The second kappa shape index (κ2) is 6.82. The molecule has 0 aliphatic heterocycles. The van der Waals surface area contributed by atoms with Crippen LogP contribution in [-0.4, -0.2) is 7.05 Å². The van der Waals surface area contributed by atoms with Crippen LogP contribution in [0.1, 0.15) is 22.7 Å². The van der Waals surface area contributed by atoms with E-state index in [9.17, 15) is 0 Å². The van der Waals surface area contributed by atoms with Crippen molar-refractivity contribution < 1.29 is 0 Å². The molecular formula is C16H16Cl3N. The Balaban J connectivity index is 2.34. The minimum Gasteiger partial charge on any atom is -0.313 e. The van der Waals surface area contributed by atoms with E-state index in [2.05, 4.69) is 11.4 Å². The molecule has 0 aromatic heterocycles. The number of hydrogen-bond donors (Lipinski definition) is 1. The van der Waals surface area contributed by atoms with Crippen LogP contribution in [0.4, 0.5) is 0 Å². The lowest BCUT2D eigenvalue weighted by Gasteiger charge is -2.20. The summed E-state index contributed by atoms with van der Waals surface area (Å²) in [5, 5.41) is 5.30. The summed E-state index contributed by atoms with van der Waals surface area (Å²) in [5.41, 5.74) is 3.29. The molecule has 0 heterocycles. The van der Waals surface area contributed by atoms with Gasteiger partial charge in [0, 0.05) is 11.1 Å². The predicted octanol–water partition coefficient (Wildman–Crippen LogP) is 5.46. The van der Waals surface area contributed by atoms with Crippen molar-refractivity contribution in [1.82, 2.24) is 5.32 Å². The fourth-order valence-electron chi connectivity index (χ4n) is 2.30. The van der Waals surface area contributed by atoms with Crippen molar-refractivity contribution in [2.75, 3.05) is 7.05 Å². The molecule has 106 valence electrons. The zero-order valence-corrected chi connectivity index (χ0v) is 13.7. The smallest absolute Gasteiger partial charge is 0.0624 e. The van der Waals surface area contributed by atoms with Crippen LogP contribution in [0.25, 0.3) is 0 Å². The van der Waals surface area contributed by atoms with Crippen LogP contribution in [0.5, 0.6) is 0 Å². The molecule has 2 rings (SSSR count). The second-order valence-electron chi connectivity index (χ2n) is 4.71. The Hall–Kier alpha value is -0.730. The molecule has 4 heteroatoms. The highest BCUT2D eigenvalue weighted by atomic mass is 35.5. The maximum Gasteiger partial charge on any atom is 0.0624 e. The van der Waals surface area contributed by atoms with E-state index in [0.29, 0.717) is 10.0 Å². The molecule has 2 aromatic rings. The minimum atomic E-state index is 0.143. The monoisotopic (exact) mass is 327 g/mol.